The summed E-state index contributed by atoms with van der Waals surface area (Å²) in [6, 6.07) is 8.78. The van der Waals surface area contributed by atoms with Crippen LogP contribution in [-0.2, 0) is 21.2 Å². The first-order valence-corrected chi connectivity index (χ1v) is 12.5. The van der Waals surface area contributed by atoms with Gasteiger partial charge in [-0.2, -0.15) is 4.31 Å². The van der Waals surface area contributed by atoms with Gasteiger partial charge in [0.05, 0.1) is 24.2 Å². The summed E-state index contributed by atoms with van der Waals surface area (Å²) in [6.45, 7) is 9.56. The molecule has 30 heavy (non-hydrogen) atoms. The minimum Gasteiger partial charge on any atom is -0.379 e. The van der Waals surface area contributed by atoms with Gasteiger partial charge in [-0.15, -0.1) is 11.3 Å². The summed E-state index contributed by atoms with van der Waals surface area (Å²) >= 11 is 1.60. The van der Waals surface area contributed by atoms with Crippen LogP contribution in [-0.4, -0.2) is 44.9 Å². The van der Waals surface area contributed by atoms with Gasteiger partial charge in [0.25, 0.3) is 5.91 Å². The molecule has 2 aromatic rings. The van der Waals surface area contributed by atoms with E-state index in [0.29, 0.717) is 43.9 Å². The van der Waals surface area contributed by atoms with Crippen molar-refractivity contribution in [1.82, 2.24) is 9.62 Å². The van der Waals surface area contributed by atoms with Crippen molar-refractivity contribution in [3.8, 4) is 0 Å². The summed E-state index contributed by atoms with van der Waals surface area (Å²) in [5.41, 5.74) is 0.876. The molecule has 6 nitrogen and oxygen atoms in total. The van der Waals surface area contributed by atoms with Crippen molar-refractivity contribution in [3.63, 3.8) is 0 Å². The fourth-order valence-corrected chi connectivity index (χ4v) is 6.29. The number of sulfonamides is 1. The minimum absolute atomic E-state index is 0.171. The van der Waals surface area contributed by atoms with Gasteiger partial charge < -0.3 is 10.1 Å². The summed E-state index contributed by atoms with van der Waals surface area (Å²) < 4.78 is 33.2. The Morgan fingerprint density at radius 1 is 1.23 bits per heavy atom. The second kappa shape index (κ2) is 9.18. The molecule has 1 N–H and O–H groups in total. The molecule has 1 unspecified atom stereocenters. The second-order valence-electron chi connectivity index (χ2n) is 8.48. The zero-order valence-corrected chi connectivity index (χ0v) is 19.6. The van der Waals surface area contributed by atoms with Gasteiger partial charge in [-0.05, 0) is 41.0 Å². The predicted molar refractivity (Wildman–Crippen MR) is 119 cm³/mol. The Kier molecular flexibility index (Phi) is 7.02. The number of thiophene rings is 1. The van der Waals surface area contributed by atoms with Crippen LogP contribution in [0.3, 0.4) is 0 Å². The zero-order chi connectivity index (χ0) is 21.9. The van der Waals surface area contributed by atoms with E-state index in [-0.39, 0.29) is 22.3 Å². The third kappa shape index (κ3) is 4.94. The summed E-state index contributed by atoms with van der Waals surface area (Å²) in [6.07, 6.45) is 0.570. The average molecular weight is 451 g/mol. The maximum absolute atomic E-state index is 13.3. The number of amides is 1. The average Bonchev–Trinajstić information content (AvgIpc) is 3.25. The van der Waals surface area contributed by atoms with E-state index in [1.165, 1.54) is 10.4 Å². The number of carbonyl (C=O) groups is 1. The van der Waals surface area contributed by atoms with E-state index in [9.17, 15) is 13.2 Å². The van der Waals surface area contributed by atoms with E-state index in [1.54, 1.807) is 23.5 Å². The van der Waals surface area contributed by atoms with Crippen LogP contribution in [0, 0.1) is 5.41 Å². The molecule has 0 bridgehead atoms. The predicted octanol–water partition coefficient (Wildman–Crippen LogP) is 3.85. The van der Waals surface area contributed by atoms with Crippen molar-refractivity contribution in [1.29, 1.82) is 0 Å². The number of nitrogens with zero attached hydrogens (tertiary/aromatic N) is 1. The third-order valence-electron chi connectivity index (χ3n) is 5.27. The van der Waals surface area contributed by atoms with E-state index in [2.05, 4.69) is 26.1 Å². The van der Waals surface area contributed by atoms with Crippen molar-refractivity contribution in [2.45, 2.75) is 45.1 Å². The number of rotatable bonds is 6. The quantitative estimate of drug-likeness (QED) is 0.725. The monoisotopic (exact) mass is 450 g/mol. The number of morpholine rings is 1. The Labute approximate surface area is 183 Å². The minimum atomic E-state index is -3.69. The lowest BCUT2D eigenvalue weighted by Gasteiger charge is -2.31. The Balaban J connectivity index is 1.93. The first-order valence-electron chi connectivity index (χ1n) is 10.2. The van der Waals surface area contributed by atoms with Crippen LogP contribution >= 0.6 is 11.3 Å². The van der Waals surface area contributed by atoms with E-state index in [1.807, 2.05) is 24.4 Å². The molecule has 0 saturated carbocycles. The molecule has 0 aliphatic carbocycles. The number of hydrogen-bond acceptors (Lipinski definition) is 5. The van der Waals surface area contributed by atoms with E-state index in [4.69, 9.17) is 4.74 Å². The molecule has 1 aromatic heterocycles. The lowest BCUT2D eigenvalue weighted by atomic mass is 9.85. The van der Waals surface area contributed by atoms with Gasteiger partial charge in [0, 0.05) is 23.5 Å². The van der Waals surface area contributed by atoms with Crippen LogP contribution in [0.25, 0.3) is 0 Å². The van der Waals surface area contributed by atoms with Crippen molar-refractivity contribution >= 4 is 27.3 Å². The highest BCUT2D eigenvalue weighted by molar-refractivity contribution is 7.89. The van der Waals surface area contributed by atoms with Gasteiger partial charge in [-0.1, -0.05) is 39.8 Å². The Morgan fingerprint density at radius 3 is 2.50 bits per heavy atom. The third-order valence-corrected chi connectivity index (χ3v) is 8.19. The lowest BCUT2D eigenvalue weighted by molar-refractivity contribution is 0.0730. The molecule has 8 heteroatoms. The summed E-state index contributed by atoms with van der Waals surface area (Å²) in [4.78, 5) is 14.4. The van der Waals surface area contributed by atoms with E-state index < -0.39 is 10.0 Å². The lowest BCUT2D eigenvalue weighted by Crippen LogP contribution is -2.41. The van der Waals surface area contributed by atoms with E-state index >= 15 is 0 Å². The number of nitrogens with one attached hydrogen (secondary N) is 1. The fourth-order valence-electron chi connectivity index (χ4n) is 3.54. The normalized spacial score (nSPS) is 16.9. The van der Waals surface area contributed by atoms with Crippen LogP contribution in [0.15, 0.2) is 40.6 Å². The van der Waals surface area contributed by atoms with Gasteiger partial charge >= 0.3 is 0 Å². The Morgan fingerprint density at radius 2 is 1.93 bits per heavy atom. The smallest absolute Gasteiger partial charge is 0.251 e. The zero-order valence-electron chi connectivity index (χ0n) is 18.0. The Bertz CT molecular complexity index is 973. The van der Waals surface area contributed by atoms with Gasteiger partial charge in [-0.3, -0.25) is 4.79 Å². The summed E-state index contributed by atoms with van der Waals surface area (Å²) in [7, 11) is -3.69. The molecule has 1 atom stereocenters. The van der Waals surface area contributed by atoms with Gasteiger partial charge in [0.15, 0.2) is 0 Å². The molecular formula is C22H30N2O4S2. The topological polar surface area (TPSA) is 75.7 Å². The Hall–Kier alpha value is -1.74. The van der Waals surface area contributed by atoms with Crippen LogP contribution in [0.2, 0.25) is 0 Å². The highest BCUT2D eigenvalue weighted by Gasteiger charge is 2.31. The molecule has 164 valence electrons. The molecule has 1 saturated heterocycles. The summed E-state index contributed by atoms with van der Waals surface area (Å²) in [5.74, 6) is -0.274. The molecule has 1 aromatic carbocycles. The summed E-state index contributed by atoms with van der Waals surface area (Å²) in [5, 5.41) is 5.10. The SMILES string of the molecule is CCc1ccc(C(=O)NC(c2cccs2)C(C)(C)C)cc1S(=O)(=O)N1CCOCC1. The molecule has 0 radical (unpaired) electrons. The fraction of sp³-hybridized carbons (Fsp3) is 0.500. The molecule has 2 heterocycles. The number of aryl methyl sites for hydroxylation is 1. The maximum Gasteiger partial charge on any atom is 0.251 e. The van der Waals surface area contributed by atoms with E-state index in [0.717, 1.165) is 4.88 Å². The molecule has 1 aliphatic rings. The number of carbonyl (C=O) groups excluding carboxylic acids is 1. The van der Waals surface area contributed by atoms with Crippen molar-refractivity contribution in [2.75, 3.05) is 26.3 Å². The van der Waals surface area contributed by atoms with Gasteiger partial charge in [-0.25, -0.2) is 8.42 Å². The van der Waals surface area contributed by atoms with Crippen LogP contribution in [0.5, 0.6) is 0 Å². The highest BCUT2D eigenvalue weighted by atomic mass is 32.2. The molecule has 3 rings (SSSR count). The molecule has 1 amide bonds. The number of ether oxygens (including phenoxy) is 1. The van der Waals surface area contributed by atoms with Crippen LogP contribution in [0.4, 0.5) is 0 Å². The maximum atomic E-state index is 13.3. The first-order chi connectivity index (χ1) is 14.1. The molecule has 0 spiro atoms. The van der Waals surface area contributed by atoms with Crippen molar-refractivity contribution in [3.05, 3.63) is 51.7 Å². The molecule has 1 aliphatic heterocycles. The highest BCUT2D eigenvalue weighted by Crippen LogP contribution is 2.35. The van der Waals surface area contributed by atoms with Crippen molar-refractivity contribution < 1.29 is 17.9 Å². The molecule has 1 fully saturated rings. The van der Waals surface area contributed by atoms with Gasteiger partial charge in [0.1, 0.15) is 0 Å². The largest absolute Gasteiger partial charge is 0.379 e. The molecular weight excluding hydrogens is 420 g/mol. The number of benzene rings is 1. The standard InChI is InChI=1S/C22H30N2O4S2/c1-5-16-8-9-17(15-19(16)30(26,27)24-10-12-28-13-11-24)21(25)23-20(22(2,3)4)18-7-6-14-29-18/h6-9,14-15,20H,5,10-13H2,1-4H3,(H,23,25). The van der Waals surface area contributed by atoms with Gasteiger partial charge in [0.2, 0.25) is 10.0 Å². The first kappa shape index (κ1) is 22.9. The second-order valence-corrected chi connectivity index (χ2v) is 11.4. The number of hydrogen-bond donors (Lipinski definition) is 1. The van der Waals surface area contributed by atoms with Crippen LogP contribution < -0.4 is 5.32 Å². The van der Waals surface area contributed by atoms with Crippen molar-refractivity contribution in [2.24, 2.45) is 5.41 Å². The van der Waals surface area contributed by atoms with Crippen LogP contribution in [0.1, 0.15) is 54.5 Å².